The van der Waals surface area contributed by atoms with Gasteiger partial charge in [-0.1, -0.05) is 17.8 Å². The lowest BCUT2D eigenvalue weighted by Gasteiger charge is -2.25. The van der Waals surface area contributed by atoms with Crippen LogP contribution in [-0.4, -0.2) is 49.1 Å². The molecule has 0 unspecified atom stereocenters. The zero-order valence-corrected chi connectivity index (χ0v) is 15.0. The minimum Gasteiger partial charge on any atom is -0.481 e. The molecular formula is C15H20N6O3S. The minimum absolute atomic E-state index is 0.0144. The molecule has 2 aromatic rings. The number of rotatable bonds is 7. The van der Waals surface area contributed by atoms with Gasteiger partial charge in [0.1, 0.15) is 0 Å². The predicted molar refractivity (Wildman–Crippen MR) is 94.0 cm³/mol. The monoisotopic (exact) mass is 364 g/mol. The summed E-state index contributed by atoms with van der Waals surface area (Å²) in [5, 5.41) is 26.4. The SMILES string of the molecule is CSc1nnnn1-c1cccc(NC(=O)NC(C)(C)CCC(=O)O)c1. The Bertz CT molecular complexity index is 761. The summed E-state index contributed by atoms with van der Waals surface area (Å²) in [6.07, 6.45) is 2.19. The van der Waals surface area contributed by atoms with Crippen LogP contribution >= 0.6 is 11.8 Å². The smallest absolute Gasteiger partial charge is 0.319 e. The van der Waals surface area contributed by atoms with Crippen LogP contribution in [-0.2, 0) is 4.79 Å². The zero-order chi connectivity index (χ0) is 18.4. The molecule has 0 atom stereocenters. The van der Waals surface area contributed by atoms with Gasteiger partial charge in [-0.25, -0.2) is 4.79 Å². The Morgan fingerprint density at radius 2 is 2.12 bits per heavy atom. The number of aromatic nitrogens is 4. The number of anilines is 1. The predicted octanol–water partition coefficient (Wildman–Crippen LogP) is 2.15. The van der Waals surface area contributed by atoms with Gasteiger partial charge in [0.05, 0.1) is 5.69 Å². The molecule has 1 aromatic heterocycles. The molecule has 0 saturated heterocycles. The molecule has 0 fully saturated rings. The van der Waals surface area contributed by atoms with E-state index in [9.17, 15) is 9.59 Å². The first kappa shape index (κ1) is 18.7. The van der Waals surface area contributed by atoms with E-state index >= 15 is 0 Å². The van der Waals surface area contributed by atoms with Crippen molar-refractivity contribution in [1.29, 1.82) is 0 Å². The fraction of sp³-hybridized carbons (Fsp3) is 0.400. The molecule has 0 radical (unpaired) electrons. The number of nitrogens with zero attached hydrogens (tertiary/aromatic N) is 4. The number of carbonyl (C=O) groups excluding carboxylic acids is 1. The fourth-order valence-electron chi connectivity index (χ4n) is 2.14. The van der Waals surface area contributed by atoms with Gasteiger partial charge in [-0.05, 0) is 55.1 Å². The Kier molecular flexibility index (Phi) is 5.97. The highest BCUT2D eigenvalue weighted by atomic mass is 32.2. The lowest BCUT2D eigenvalue weighted by molar-refractivity contribution is -0.137. The van der Waals surface area contributed by atoms with Crippen molar-refractivity contribution < 1.29 is 14.7 Å². The van der Waals surface area contributed by atoms with E-state index in [1.807, 2.05) is 12.3 Å². The zero-order valence-electron chi connectivity index (χ0n) is 14.2. The number of carbonyl (C=O) groups is 2. The fourth-order valence-corrected chi connectivity index (χ4v) is 2.57. The molecule has 2 rings (SSSR count). The number of hydrogen-bond donors (Lipinski definition) is 3. The molecule has 0 saturated carbocycles. The molecule has 134 valence electrons. The molecule has 0 aliphatic heterocycles. The number of aliphatic carboxylic acids is 1. The number of carboxylic acids is 1. The summed E-state index contributed by atoms with van der Waals surface area (Å²) in [5.41, 5.74) is 0.658. The topological polar surface area (TPSA) is 122 Å². The highest BCUT2D eigenvalue weighted by Gasteiger charge is 2.21. The highest BCUT2D eigenvalue weighted by molar-refractivity contribution is 7.98. The summed E-state index contributed by atoms with van der Waals surface area (Å²) in [7, 11) is 0. The molecule has 9 nitrogen and oxygen atoms in total. The van der Waals surface area contributed by atoms with Crippen LogP contribution in [0.5, 0.6) is 0 Å². The van der Waals surface area contributed by atoms with Crippen molar-refractivity contribution >= 4 is 29.4 Å². The van der Waals surface area contributed by atoms with Gasteiger partial charge < -0.3 is 15.7 Å². The van der Waals surface area contributed by atoms with E-state index < -0.39 is 17.5 Å². The Morgan fingerprint density at radius 3 is 2.80 bits per heavy atom. The van der Waals surface area contributed by atoms with E-state index in [0.717, 1.165) is 5.69 Å². The van der Waals surface area contributed by atoms with E-state index in [1.54, 1.807) is 36.7 Å². The molecule has 0 bridgehead atoms. The first-order valence-corrected chi connectivity index (χ1v) is 8.77. The van der Waals surface area contributed by atoms with Crippen molar-refractivity contribution in [1.82, 2.24) is 25.5 Å². The van der Waals surface area contributed by atoms with E-state index in [-0.39, 0.29) is 6.42 Å². The Morgan fingerprint density at radius 1 is 1.36 bits per heavy atom. The van der Waals surface area contributed by atoms with Gasteiger partial charge >= 0.3 is 12.0 Å². The summed E-state index contributed by atoms with van der Waals surface area (Å²) in [6.45, 7) is 3.55. The lowest BCUT2D eigenvalue weighted by atomic mass is 9.99. The average Bonchev–Trinajstić information content (AvgIpc) is 3.01. The minimum atomic E-state index is -0.894. The van der Waals surface area contributed by atoms with Gasteiger partial charge in [0.2, 0.25) is 5.16 Å². The molecule has 0 aliphatic rings. The maximum atomic E-state index is 12.2. The van der Waals surface area contributed by atoms with Crippen molar-refractivity contribution in [2.75, 3.05) is 11.6 Å². The largest absolute Gasteiger partial charge is 0.481 e. The number of benzene rings is 1. The lowest BCUT2D eigenvalue weighted by Crippen LogP contribution is -2.45. The van der Waals surface area contributed by atoms with Crippen molar-refractivity contribution in [2.45, 2.75) is 37.4 Å². The van der Waals surface area contributed by atoms with Gasteiger partial charge in [0.25, 0.3) is 0 Å². The second-order valence-electron chi connectivity index (χ2n) is 5.98. The van der Waals surface area contributed by atoms with Crippen LogP contribution in [0, 0.1) is 0 Å². The van der Waals surface area contributed by atoms with Crippen LogP contribution in [0.3, 0.4) is 0 Å². The average molecular weight is 364 g/mol. The first-order chi connectivity index (χ1) is 11.8. The molecule has 1 heterocycles. The summed E-state index contributed by atoms with van der Waals surface area (Å²) < 4.78 is 1.57. The third kappa shape index (κ3) is 5.45. The second-order valence-corrected chi connectivity index (χ2v) is 6.76. The first-order valence-electron chi connectivity index (χ1n) is 7.54. The molecule has 3 N–H and O–H groups in total. The van der Waals surface area contributed by atoms with Gasteiger partial charge in [0, 0.05) is 17.6 Å². The van der Waals surface area contributed by atoms with Gasteiger partial charge in [-0.2, -0.15) is 4.68 Å². The molecule has 10 heteroatoms. The summed E-state index contributed by atoms with van der Waals surface area (Å²) >= 11 is 1.41. The van der Waals surface area contributed by atoms with Crippen LogP contribution in [0.25, 0.3) is 5.69 Å². The van der Waals surface area contributed by atoms with Crippen molar-refractivity contribution in [3.8, 4) is 5.69 Å². The van der Waals surface area contributed by atoms with Gasteiger partial charge in [0.15, 0.2) is 0 Å². The molecule has 2 amide bonds. The molecule has 0 spiro atoms. The number of carboxylic acid groups (broad SMARTS) is 1. The van der Waals surface area contributed by atoms with E-state index in [2.05, 4.69) is 26.2 Å². The summed E-state index contributed by atoms with van der Waals surface area (Å²) in [4.78, 5) is 22.8. The highest BCUT2D eigenvalue weighted by Crippen LogP contribution is 2.19. The Labute approximate surface area is 149 Å². The number of nitrogens with one attached hydrogen (secondary N) is 2. The third-order valence-electron chi connectivity index (χ3n) is 3.39. The van der Waals surface area contributed by atoms with Crippen LogP contribution in [0.4, 0.5) is 10.5 Å². The number of amides is 2. The summed E-state index contributed by atoms with van der Waals surface area (Å²) in [6, 6.07) is 6.70. The molecule has 0 aliphatic carbocycles. The molecular weight excluding hydrogens is 344 g/mol. The van der Waals surface area contributed by atoms with Crippen molar-refractivity contribution in [2.24, 2.45) is 0 Å². The van der Waals surface area contributed by atoms with E-state index in [4.69, 9.17) is 5.11 Å². The van der Waals surface area contributed by atoms with E-state index in [0.29, 0.717) is 17.3 Å². The summed E-state index contributed by atoms with van der Waals surface area (Å²) in [5.74, 6) is -0.894. The van der Waals surface area contributed by atoms with Gasteiger partial charge in [-0.3, -0.25) is 4.79 Å². The normalized spacial score (nSPS) is 11.2. The van der Waals surface area contributed by atoms with Crippen LogP contribution in [0.2, 0.25) is 0 Å². The number of urea groups is 1. The molecule has 25 heavy (non-hydrogen) atoms. The van der Waals surface area contributed by atoms with Crippen LogP contribution in [0.15, 0.2) is 29.4 Å². The van der Waals surface area contributed by atoms with E-state index in [1.165, 1.54) is 11.8 Å². The number of hydrogen-bond acceptors (Lipinski definition) is 6. The Hall–Kier alpha value is -2.62. The van der Waals surface area contributed by atoms with Crippen molar-refractivity contribution in [3.05, 3.63) is 24.3 Å². The third-order valence-corrected chi connectivity index (χ3v) is 4.01. The second kappa shape index (κ2) is 7.97. The van der Waals surface area contributed by atoms with Crippen LogP contribution < -0.4 is 10.6 Å². The maximum Gasteiger partial charge on any atom is 0.319 e. The molecule has 1 aromatic carbocycles. The maximum absolute atomic E-state index is 12.2. The Balaban J connectivity index is 2.04. The number of tetrazole rings is 1. The van der Waals surface area contributed by atoms with Gasteiger partial charge in [-0.15, -0.1) is 5.10 Å². The van der Waals surface area contributed by atoms with Crippen LogP contribution in [0.1, 0.15) is 26.7 Å². The quantitative estimate of drug-likeness (QED) is 0.643. The van der Waals surface area contributed by atoms with Crippen molar-refractivity contribution in [3.63, 3.8) is 0 Å². The standard InChI is InChI=1S/C15H20N6O3S/c1-15(2,8-7-12(22)23)17-13(24)16-10-5-4-6-11(9-10)21-14(25-3)18-19-20-21/h4-6,9H,7-8H2,1-3H3,(H,22,23)(H2,16,17,24). The number of thioether (sulfide) groups is 1.